The van der Waals surface area contributed by atoms with Crippen molar-refractivity contribution in [1.82, 2.24) is 0 Å². The van der Waals surface area contributed by atoms with E-state index in [9.17, 15) is 13.7 Å². The molecule has 142 valence electrons. The standard InChI is InChI=1S/C21H24N2O3S/c1-14(2)21-17(12-13-22)20-18(6-5-7-19(20)26-4)23(21)27(24,25)16-10-8-15(3)9-11-16/h5-11,14,17,21H,12H2,1-4H3/t17-,21+/m1/s1. The van der Waals surface area contributed by atoms with E-state index in [-0.39, 0.29) is 29.2 Å². The first-order valence-corrected chi connectivity index (χ1v) is 10.4. The van der Waals surface area contributed by atoms with Gasteiger partial charge in [0.15, 0.2) is 0 Å². The Kier molecular flexibility index (Phi) is 5.16. The van der Waals surface area contributed by atoms with E-state index in [4.69, 9.17) is 4.74 Å². The maximum absolute atomic E-state index is 13.6. The van der Waals surface area contributed by atoms with Gasteiger partial charge in [-0.2, -0.15) is 5.26 Å². The van der Waals surface area contributed by atoms with E-state index in [2.05, 4.69) is 6.07 Å². The highest BCUT2D eigenvalue weighted by molar-refractivity contribution is 7.92. The van der Waals surface area contributed by atoms with Crippen molar-refractivity contribution < 1.29 is 13.2 Å². The summed E-state index contributed by atoms with van der Waals surface area (Å²) in [7, 11) is -2.20. The van der Waals surface area contributed by atoms with Crippen LogP contribution in [-0.2, 0) is 10.0 Å². The molecule has 1 heterocycles. The lowest BCUT2D eigenvalue weighted by molar-refractivity contribution is 0.394. The summed E-state index contributed by atoms with van der Waals surface area (Å²) in [6, 6.07) is 14.2. The van der Waals surface area contributed by atoms with E-state index in [0.29, 0.717) is 11.4 Å². The Labute approximate surface area is 161 Å². The second-order valence-corrected chi connectivity index (χ2v) is 9.03. The third-order valence-electron chi connectivity index (χ3n) is 5.13. The minimum absolute atomic E-state index is 0.0284. The smallest absolute Gasteiger partial charge is 0.264 e. The van der Waals surface area contributed by atoms with Gasteiger partial charge in [0, 0.05) is 17.9 Å². The molecule has 0 radical (unpaired) electrons. The molecule has 2 aromatic rings. The van der Waals surface area contributed by atoms with Crippen molar-refractivity contribution >= 4 is 15.7 Å². The molecule has 0 amide bonds. The van der Waals surface area contributed by atoms with Crippen molar-refractivity contribution in [3.8, 4) is 11.8 Å². The van der Waals surface area contributed by atoms with Crippen LogP contribution in [0.1, 0.15) is 37.3 Å². The lowest BCUT2D eigenvalue weighted by Gasteiger charge is -2.32. The molecular weight excluding hydrogens is 360 g/mol. The monoisotopic (exact) mass is 384 g/mol. The average Bonchev–Trinajstić information content (AvgIpc) is 2.98. The summed E-state index contributed by atoms with van der Waals surface area (Å²) in [4.78, 5) is 0.255. The molecule has 2 atom stereocenters. The number of ether oxygens (including phenoxy) is 1. The zero-order valence-corrected chi connectivity index (χ0v) is 16.8. The van der Waals surface area contributed by atoms with Gasteiger partial charge >= 0.3 is 0 Å². The summed E-state index contributed by atoms with van der Waals surface area (Å²) >= 11 is 0. The van der Waals surface area contributed by atoms with Gasteiger partial charge in [0.2, 0.25) is 0 Å². The Morgan fingerprint density at radius 3 is 2.41 bits per heavy atom. The zero-order chi connectivity index (χ0) is 19.8. The molecule has 0 saturated carbocycles. The molecule has 6 heteroatoms. The molecule has 1 aliphatic rings. The lowest BCUT2D eigenvalue weighted by atomic mass is 9.86. The molecule has 0 unspecified atom stereocenters. The van der Waals surface area contributed by atoms with E-state index < -0.39 is 10.0 Å². The van der Waals surface area contributed by atoms with Crippen molar-refractivity contribution in [3.63, 3.8) is 0 Å². The molecule has 0 spiro atoms. The number of hydrogen-bond donors (Lipinski definition) is 0. The first-order chi connectivity index (χ1) is 12.8. The fourth-order valence-corrected chi connectivity index (χ4v) is 5.78. The summed E-state index contributed by atoms with van der Waals surface area (Å²) in [6.07, 6.45) is 0.232. The predicted molar refractivity (Wildman–Crippen MR) is 105 cm³/mol. The lowest BCUT2D eigenvalue weighted by Crippen LogP contribution is -2.42. The number of fused-ring (bicyclic) bond motifs is 1. The molecule has 1 aliphatic heterocycles. The van der Waals surface area contributed by atoms with E-state index in [1.165, 1.54) is 4.31 Å². The number of nitriles is 1. The van der Waals surface area contributed by atoms with Crippen LogP contribution in [0, 0.1) is 24.2 Å². The highest BCUT2D eigenvalue weighted by atomic mass is 32.2. The highest BCUT2D eigenvalue weighted by Crippen LogP contribution is 2.51. The maximum Gasteiger partial charge on any atom is 0.264 e. The molecule has 0 bridgehead atoms. The van der Waals surface area contributed by atoms with Crippen molar-refractivity contribution in [2.24, 2.45) is 5.92 Å². The van der Waals surface area contributed by atoms with E-state index in [0.717, 1.165) is 11.1 Å². The topological polar surface area (TPSA) is 70.4 Å². The van der Waals surface area contributed by atoms with Crippen LogP contribution in [0.15, 0.2) is 47.4 Å². The van der Waals surface area contributed by atoms with Crippen LogP contribution >= 0.6 is 0 Å². The zero-order valence-electron chi connectivity index (χ0n) is 16.0. The molecule has 0 saturated heterocycles. The number of nitrogens with zero attached hydrogens (tertiary/aromatic N) is 2. The second-order valence-electron chi connectivity index (χ2n) is 7.21. The molecule has 5 nitrogen and oxygen atoms in total. The number of hydrogen-bond acceptors (Lipinski definition) is 4. The number of sulfonamides is 1. The fourth-order valence-electron chi connectivity index (χ4n) is 3.94. The number of anilines is 1. The van der Waals surface area contributed by atoms with Crippen LogP contribution in [0.25, 0.3) is 0 Å². The average molecular weight is 385 g/mol. The van der Waals surface area contributed by atoms with Crippen LogP contribution in [0.2, 0.25) is 0 Å². The molecule has 0 N–H and O–H groups in total. The molecule has 3 rings (SSSR count). The third-order valence-corrected chi connectivity index (χ3v) is 6.95. The first kappa shape index (κ1) is 19.2. The summed E-state index contributed by atoms with van der Waals surface area (Å²) in [5.74, 6) is 0.419. The van der Waals surface area contributed by atoms with Crippen molar-refractivity contribution in [3.05, 3.63) is 53.6 Å². The van der Waals surface area contributed by atoms with Gasteiger partial charge in [0.1, 0.15) is 5.75 Å². The van der Waals surface area contributed by atoms with Crippen molar-refractivity contribution in [1.29, 1.82) is 5.26 Å². The largest absolute Gasteiger partial charge is 0.496 e. The van der Waals surface area contributed by atoms with Gasteiger partial charge in [0.25, 0.3) is 10.0 Å². The molecule has 0 fully saturated rings. The van der Waals surface area contributed by atoms with Crippen LogP contribution < -0.4 is 9.04 Å². The summed E-state index contributed by atoms with van der Waals surface area (Å²) in [5, 5.41) is 9.39. The van der Waals surface area contributed by atoms with E-state index >= 15 is 0 Å². The maximum atomic E-state index is 13.6. The minimum atomic E-state index is -3.77. The number of rotatable bonds is 5. The van der Waals surface area contributed by atoms with Gasteiger partial charge in [-0.05, 0) is 37.1 Å². The summed E-state index contributed by atoms with van der Waals surface area (Å²) in [6.45, 7) is 5.91. The molecular formula is C21H24N2O3S. The van der Waals surface area contributed by atoms with Gasteiger partial charge < -0.3 is 4.74 Å². The van der Waals surface area contributed by atoms with Crippen LogP contribution in [0.5, 0.6) is 5.75 Å². The molecule has 0 aliphatic carbocycles. The quantitative estimate of drug-likeness (QED) is 0.773. The normalized spacial score (nSPS) is 19.0. The Bertz CT molecular complexity index is 975. The van der Waals surface area contributed by atoms with Crippen LogP contribution in [0.4, 0.5) is 5.69 Å². The second kappa shape index (κ2) is 7.24. The predicted octanol–water partition coefficient (Wildman–Crippen LogP) is 4.23. The molecule has 0 aromatic heterocycles. The number of benzene rings is 2. The van der Waals surface area contributed by atoms with Gasteiger partial charge in [-0.15, -0.1) is 0 Å². The Morgan fingerprint density at radius 1 is 1.19 bits per heavy atom. The minimum Gasteiger partial charge on any atom is -0.496 e. The van der Waals surface area contributed by atoms with Crippen LogP contribution in [-0.4, -0.2) is 21.6 Å². The van der Waals surface area contributed by atoms with Gasteiger partial charge in [-0.1, -0.05) is 37.6 Å². The molecule has 2 aromatic carbocycles. The van der Waals surface area contributed by atoms with Gasteiger partial charge in [-0.25, -0.2) is 8.42 Å². The number of methoxy groups -OCH3 is 1. The van der Waals surface area contributed by atoms with E-state index in [1.54, 1.807) is 43.5 Å². The molecule has 27 heavy (non-hydrogen) atoms. The fraction of sp³-hybridized carbons (Fsp3) is 0.381. The van der Waals surface area contributed by atoms with Crippen LogP contribution in [0.3, 0.4) is 0 Å². The summed E-state index contributed by atoms with van der Waals surface area (Å²) < 4.78 is 34.2. The van der Waals surface area contributed by atoms with Crippen molar-refractivity contribution in [2.45, 2.75) is 44.0 Å². The Morgan fingerprint density at radius 2 is 1.85 bits per heavy atom. The summed E-state index contributed by atoms with van der Waals surface area (Å²) in [5.41, 5.74) is 2.41. The Hall–Kier alpha value is -2.52. The SMILES string of the molecule is COc1cccc2c1[C@@H](CC#N)[C@H](C(C)C)N2S(=O)(=O)c1ccc(C)cc1. The number of aryl methyl sites for hydroxylation is 1. The Balaban J connectivity index is 2.25. The van der Waals surface area contributed by atoms with E-state index in [1.807, 2.05) is 26.8 Å². The highest BCUT2D eigenvalue weighted by Gasteiger charge is 2.47. The third kappa shape index (κ3) is 3.17. The van der Waals surface area contributed by atoms with Gasteiger partial charge in [-0.3, -0.25) is 4.31 Å². The van der Waals surface area contributed by atoms with Crippen molar-refractivity contribution in [2.75, 3.05) is 11.4 Å². The van der Waals surface area contributed by atoms with Gasteiger partial charge in [0.05, 0.1) is 29.8 Å². The first-order valence-electron chi connectivity index (χ1n) is 8.98.